The van der Waals surface area contributed by atoms with Gasteiger partial charge in [-0.2, -0.15) is 0 Å². The Labute approximate surface area is 179 Å². The van der Waals surface area contributed by atoms with Gasteiger partial charge in [-0.1, -0.05) is 67.4 Å². The van der Waals surface area contributed by atoms with Crippen molar-refractivity contribution in [2.75, 3.05) is 0 Å². The number of aromatic nitrogens is 3. The highest BCUT2D eigenvalue weighted by Crippen LogP contribution is 2.31. The van der Waals surface area contributed by atoms with Crippen molar-refractivity contribution in [1.82, 2.24) is 19.9 Å². The average molecular weight is 423 g/mol. The summed E-state index contributed by atoms with van der Waals surface area (Å²) in [5.74, 6) is 1.00. The first-order valence-corrected chi connectivity index (χ1v) is 10.4. The van der Waals surface area contributed by atoms with Crippen molar-refractivity contribution < 1.29 is 9.90 Å². The molecule has 0 fully saturated rings. The number of halogens is 1. The second-order valence-electron chi connectivity index (χ2n) is 7.31. The number of unbranched alkanes of at least 4 members (excludes halogenated alkanes) is 1. The number of nitrogens with zero attached hydrogens (tertiary/aromatic N) is 3. The molecule has 0 bridgehead atoms. The van der Waals surface area contributed by atoms with Crippen molar-refractivity contribution in [1.29, 1.82) is 0 Å². The van der Waals surface area contributed by atoms with Gasteiger partial charge in [0.25, 0.3) is 0 Å². The summed E-state index contributed by atoms with van der Waals surface area (Å²) in [4.78, 5) is 20.1. The SMILES string of the molecule is CCCCc1nc2c(Cl)nc3ccccc3c2n1Cc1ccc(CNC(=O)O)cc1. The van der Waals surface area contributed by atoms with Crippen LogP contribution in [-0.2, 0) is 19.5 Å². The highest BCUT2D eigenvalue weighted by molar-refractivity contribution is 6.35. The van der Waals surface area contributed by atoms with Gasteiger partial charge >= 0.3 is 6.09 Å². The summed E-state index contributed by atoms with van der Waals surface area (Å²) in [7, 11) is 0. The molecule has 0 atom stereocenters. The Balaban J connectivity index is 1.77. The Morgan fingerprint density at radius 1 is 1.10 bits per heavy atom. The Bertz CT molecular complexity index is 1200. The Hall–Kier alpha value is -3.12. The molecule has 0 radical (unpaired) electrons. The van der Waals surface area contributed by atoms with Gasteiger partial charge in [0.1, 0.15) is 11.3 Å². The molecule has 0 spiro atoms. The van der Waals surface area contributed by atoms with Crippen molar-refractivity contribution in [2.45, 2.75) is 39.3 Å². The van der Waals surface area contributed by atoms with E-state index in [4.69, 9.17) is 21.7 Å². The van der Waals surface area contributed by atoms with E-state index in [1.165, 1.54) is 0 Å². The molecule has 4 aromatic rings. The number of pyridine rings is 1. The topological polar surface area (TPSA) is 80.0 Å². The van der Waals surface area contributed by atoms with Gasteiger partial charge in [-0.25, -0.2) is 14.8 Å². The van der Waals surface area contributed by atoms with E-state index in [-0.39, 0.29) is 6.54 Å². The minimum absolute atomic E-state index is 0.289. The van der Waals surface area contributed by atoms with Gasteiger partial charge in [0.2, 0.25) is 0 Å². The highest BCUT2D eigenvalue weighted by Gasteiger charge is 2.17. The normalized spacial score (nSPS) is 11.3. The number of nitrogens with one attached hydrogen (secondary N) is 1. The maximum absolute atomic E-state index is 10.7. The number of benzene rings is 2. The van der Waals surface area contributed by atoms with E-state index in [1.807, 2.05) is 42.5 Å². The number of fused-ring (bicyclic) bond motifs is 3. The quantitative estimate of drug-likeness (QED) is 0.391. The molecule has 0 aliphatic heterocycles. The molecule has 0 unspecified atom stereocenters. The molecule has 0 aliphatic rings. The molecule has 0 saturated heterocycles. The van der Waals surface area contributed by atoms with E-state index < -0.39 is 6.09 Å². The van der Waals surface area contributed by atoms with Gasteiger partial charge in [-0.05, 0) is 23.6 Å². The van der Waals surface area contributed by atoms with Crippen LogP contribution in [0.25, 0.3) is 21.9 Å². The molecule has 4 rings (SSSR count). The van der Waals surface area contributed by atoms with E-state index in [9.17, 15) is 4.79 Å². The lowest BCUT2D eigenvalue weighted by atomic mass is 10.1. The van der Waals surface area contributed by atoms with Crippen LogP contribution in [0.3, 0.4) is 0 Å². The second-order valence-corrected chi connectivity index (χ2v) is 7.67. The van der Waals surface area contributed by atoms with Crippen LogP contribution in [0.5, 0.6) is 0 Å². The van der Waals surface area contributed by atoms with Crippen molar-refractivity contribution in [2.24, 2.45) is 0 Å². The van der Waals surface area contributed by atoms with Gasteiger partial charge in [-0.3, -0.25) is 0 Å². The van der Waals surface area contributed by atoms with Crippen LogP contribution in [0, 0.1) is 0 Å². The van der Waals surface area contributed by atoms with E-state index in [2.05, 4.69) is 27.9 Å². The summed E-state index contributed by atoms with van der Waals surface area (Å²) in [5.41, 5.74) is 4.63. The molecule has 0 aliphatic carbocycles. The molecule has 2 N–H and O–H groups in total. The molecule has 2 aromatic heterocycles. The predicted octanol–water partition coefficient (Wildman–Crippen LogP) is 5.40. The Morgan fingerprint density at radius 2 is 1.83 bits per heavy atom. The maximum Gasteiger partial charge on any atom is 0.404 e. The number of para-hydroxylation sites is 1. The zero-order chi connectivity index (χ0) is 21.1. The van der Waals surface area contributed by atoms with Crippen LogP contribution < -0.4 is 5.32 Å². The average Bonchev–Trinajstić information content (AvgIpc) is 3.11. The van der Waals surface area contributed by atoms with Crippen molar-refractivity contribution in [3.05, 3.63) is 70.6 Å². The lowest BCUT2D eigenvalue weighted by Crippen LogP contribution is -2.19. The molecule has 1 amide bonds. The summed E-state index contributed by atoms with van der Waals surface area (Å²) >= 11 is 6.50. The monoisotopic (exact) mass is 422 g/mol. The Kier molecular flexibility index (Phi) is 5.86. The highest BCUT2D eigenvalue weighted by atomic mass is 35.5. The second kappa shape index (κ2) is 8.71. The minimum Gasteiger partial charge on any atom is -0.465 e. The van der Waals surface area contributed by atoms with Gasteiger partial charge in [0, 0.05) is 24.9 Å². The zero-order valence-corrected chi connectivity index (χ0v) is 17.5. The third-order valence-corrected chi connectivity index (χ3v) is 5.44. The predicted molar refractivity (Wildman–Crippen MR) is 119 cm³/mol. The summed E-state index contributed by atoms with van der Waals surface area (Å²) in [6.45, 7) is 3.12. The molecule has 7 heteroatoms. The first-order valence-electron chi connectivity index (χ1n) is 10.0. The molecule has 6 nitrogen and oxygen atoms in total. The van der Waals surface area contributed by atoms with E-state index in [0.29, 0.717) is 11.7 Å². The van der Waals surface area contributed by atoms with Gasteiger partial charge in [-0.15, -0.1) is 0 Å². The van der Waals surface area contributed by atoms with Crippen molar-refractivity contribution in [3.63, 3.8) is 0 Å². The lowest BCUT2D eigenvalue weighted by molar-refractivity contribution is 0.194. The maximum atomic E-state index is 10.7. The number of aryl methyl sites for hydroxylation is 1. The zero-order valence-electron chi connectivity index (χ0n) is 16.7. The number of hydrogen-bond donors (Lipinski definition) is 2. The van der Waals surface area contributed by atoms with Crippen LogP contribution in [0.4, 0.5) is 4.79 Å². The fourth-order valence-electron chi connectivity index (χ4n) is 3.66. The fraction of sp³-hybridized carbons (Fsp3) is 0.261. The van der Waals surface area contributed by atoms with Gasteiger partial charge < -0.3 is 15.0 Å². The van der Waals surface area contributed by atoms with Crippen molar-refractivity contribution >= 4 is 39.6 Å². The largest absolute Gasteiger partial charge is 0.465 e. The number of carboxylic acid groups (broad SMARTS) is 1. The standard InChI is InChI=1S/C23H23ClN4O2/c1-2-3-8-19-27-20-21(17-6-4-5-7-18(17)26-22(20)24)28(19)14-16-11-9-15(10-12-16)13-25-23(29)30/h4-7,9-12,25H,2-3,8,13-14H2,1H3,(H,29,30). The number of imidazole rings is 1. The van der Waals surface area contributed by atoms with Crippen LogP contribution in [0.1, 0.15) is 36.7 Å². The smallest absolute Gasteiger partial charge is 0.404 e. The van der Waals surface area contributed by atoms with E-state index in [1.54, 1.807) is 0 Å². The van der Waals surface area contributed by atoms with Gasteiger partial charge in [0.05, 0.1) is 11.0 Å². The summed E-state index contributed by atoms with van der Waals surface area (Å²) in [5, 5.41) is 12.6. The van der Waals surface area contributed by atoms with Crippen LogP contribution in [0.15, 0.2) is 48.5 Å². The van der Waals surface area contributed by atoms with Gasteiger partial charge in [0.15, 0.2) is 5.15 Å². The number of rotatable bonds is 7. The Morgan fingerprint density at radius 3 is 2.57 bits per heavy atom. The first-order chi connectivity index (χ1) is 14.6. The third-order valence-electron chi connectivity index (χ3n) is 5.18. The van der Waals surface area contributed by atoms with Crippen LogP contribution in [0.2, 0.25) is 5.15 Å². The molecular weight excluding hydrogens is 400 g/mol. The number of hydrogen-bond acceptors (Lipinski definition) is 3. The molecule has 30 heavy (non-hydrogen) atoms. The summed E-state index contributed by atoms with van der Waals surface area (Å²) in [6.07, 6.45) is 1.98. The molecule has 2 aromatic carbocycles. The number of amides is 1. The molecule has 2 heterocycles. The number of carbonyl (C=O) groups is 1. The molecule has 154 valence electrons. The van der Waals surface area contributed by atoms with E-state index in [0.717, 1.165) is 58.2 Å². The lowest BCUT2D eigenvalue weighted by Gasteiger charge is -2.12. The molecular formula is C23H23ClN4O2. The molecule has 0 saturated carbocycles. The summed E-state index contributed by atoms with van der Waals surface area (Å²) < 4.78 is 2.24. The third kappa shape index (κ3) is 4.09. The first kappa shape index (κ1) is 20.2. The van der Waals surface area contributed by atoms with Crippen LogP contribution in [-0.4, -0.2) is 25.7 Å². The summed E-state index contributed by atoms with van der Waals surface area (Å²) in [6, 6.07) is 15.9. The van der Waals surface area contributed by atoms with Crippen molar-refractivity contribution in [3.8, 4) is 0 Å². The van der Waals surface area contributed by atoms with Crippen LogP contribution >= 0.6 is 11.6 Å². The minimum atomic E-state index is -1.03. The fourth-order valence-corrected chi connectivity index (χ4v) is 3.89. The van der Waals surface area contributed by atoms with E-state index >= 15 is 0 Å².